The van der Waals surface area contributed by atoms with Gasteiger partial charge in [-0.2, -0.15) is 0 Å². The van der Waals surface area contributed by atoms with E-state index in [9.17, 15) is 4.79 Å². The minimum atomic E-state index is -0.0863. The van der Waals surface area contributed by atoms with Gasteiger partial charge in [0.25, 0.3) is 0 Å². The van der Waals surface area contributed by atoms with Crippen LogP contribution in [0.4, 0.5) is 0 Å². The summed E-state index contributed by atoms with van der Waals surface area (Å²) in [5.74, 6) is -0.0166. The van der Waals surface area contributed by atoms with Gasteiger partial charge < -0.3 is 19.5 Å². The Morgan fingerprint density at radius 1 is 1.19 bits per heavy atom. The summed E-state index contributed by atoms with van der Waals surface area (Å²) >= 11 is 0. The minimum absolute atomic E-state index is 0.0697. The van der Waals surface area contributed by atoms with Crippen molar-refractivity contribution in [1.29, 1.82) is 0 Å². The first-order chi connectivity index (χ1) is 7.84. The molecule has 0 aliphatic carbocycles. The lowest BCUT2D eigenvalue weighted by atomic mass is 9.99. The first-order valence-electron chi connectivity index (χ1n) is 5.78. The first kappa shape index (κ1) is 13.4. The van der Waals surface area contributed by atoms with Crippen LogP contribution in [0.3, 0.4) is 0 Å². The van der Waals surface area contributed by atoms with Gasteiger partial charge >= 0.3 is 5.97 Å². The van der Waals surface area contributed by atoms with Gasteiger partial charge in [-0.3, -0.25) is 4.79 Å². The quantitative estimate of drug-likeness (QED) is 0.501. The molecule has 0 saturated carbocycles. The second-order valence-electron chi connectivity index (χ2n) is 3.80. The summed E-state index contributed by atoms with van der Waals surface area (Å²) in [5, 5.41) is 3.21. The summed E-state index contributed by atoms with van der Waals surface area (Å²) in [6, 6.07) is 0. The van der Waals surface area contributed by atoms with Crippen LogP contribution in [0.15, 0.2) is 0 Å². The summed E-state index contributed by atoms with van der Waals surface area (Å²) in [5.41, 5.74) is 0. The van der Waals surface area contributed by atoms with E-state index < -0.39 is 0 Å². The van der Waals surface area contributed by atoms with Crippen LogP contribution in [0.5, 0.6) is 0 Å². The van der Waals surface area contributed by atoms with Crippen molar-refractivity contribution in [3.63, 3.8) is 0 Å². The summed E-state index contributed by atoms with van der Waals surface area (Å²) in [6.45, 7) is 3.71. The third-order valence-electron chi connectivity index (χ3n) is 2.58. The number of piperidine rings is 1. The van der Waals surface area contributed by atoms with E-state index in [-0.39, 0.29) is 11.9 Å². The molecule has 0 aromatic heterocycles. The highest BCUT2D eigenvalue weighted by Crippen LogP contribution is 2.12. The number of rotatable bonds is 7. The summed E-state index contributed by atoms with van der Waals surface area (Å²) in [6.07, 6.45) is 1.76. The lowest BCUT2D eigenvalue weighted by molar-refractivity contribution is -0.151. The molecule has 0 bridgehead atoms. The predicted octanol–water partition coefficient (Wildman–Crippen LogP) is 0.192. The molecular weight excluding hydrogens is 210 g/mol. The summed E-state index contributed by atoms with van der Waals surface area (Å²) < 4.78 is 15.2. The Hall–Kier alpha value is -0.650. The standard InChI is InChI=1S/C11H21NO4/c1-14-6-7-15-8-9-16-11(13)10-2-4-12-5-3-10/h10,12H,2-9H2,1H3. The van der Waals surface area contributed by atoms with Crippen molar-refractivity contribution in [2.75, 3.05) is 46.6 Å². The molecule has 1 aliphatic heterocycles. The highest BCUT2D eigenvalue weighted by molar-refractivity contribution is 5.72. The molecule has 0 spiro atoms. The van der Waals surface area contributed by atoms with Crippen molar-refractivity contribution in [3.05, 3.63) is 0 Å². The number of ether oxygens (including phenoxy) is 3. The maximum atomic E-state index is 11.6. The fraction of sp³-hybridized carbons (Fsp3) is 0.909. The fourth-order valence-electron chi connectivity index (χ4n) is 1.62. The van der Waals surface area contributed by atoms with E-state index in [4.69, 9.17) is 14.2 Å². The minimum Gasteiger partial charge on any atom is -0.463 e. The van der Waals surface area contributed by atoms with Crippen LogP contribution in [0.1, 0.15) is 12.8 Å². The van der Waals surface area contributed by atoms with Crippen molar-refractivity contribution in [2.24, 2.45) is 5.92 Å². The average Bonchev–Trinajstić information content (AvgIpc) is 2.34. The van der Waals surface area contributed by atoms with Gasteiger partial charge in [0.15, 0.2) is 0 Å². The van der Waals surface area contributed by atoms with Gasteiger partial charge in [0, 0.05) is 7.11 Å². The molecule has 1 rings (SSSR count). The van der Waals surface area contributed by atoms with Crippen LogP contribution in [0, 0.1) is 5.92 Å². The monoisotopic (exact) mass is 231 g/mol. The van der Waals surface area contributed by atoms with Gasteiger partial charge in [-0.1, -0.05) is 0 Å². The zero-order valence-corrected chi connectivity index (χ0v) is 9.87. The fourth-order valence-corrected chi connectivity index (χ4v) is 1.62. The molecule has 0 aromatic carbocycles. The van der Waals surface area contributed by atoms with Crippen LogP contribution in [-0.4, -0.2) is 52.6 Å². The van der Waals surface area contributed by atoms with Gasteiger partial charge in [-0.15, -0.1) is 0 Å². The molecule has 1 heterocycles. The SMILES string of the molecule is COCCOCCOC(=O)C1CCNCC1. The van der Waals surface area contributed by atoms with E-state index in [0.717, 1.165) is 25.9 Å². The average molecular weight is 231 g/mol. The number of hydrogen-bond donors (Lipinski definition) is 1. The predicted molar refractivity (Wildman–Crippen MR) is 59.2 cm³/mol. The van der Waals surface area contributed by atoms with Crippen LogP contribution >= 0.6 is 0 Å². The zero-order valence-electron chi connectivity index (χ0n) is 9.87. The van der Waals surface area contributed by atoms with Gasteiger partial charge in [0.1, 0.15) is 6.61 Å². The normalized spacial score (nSPS) is 17.3. The molecule has 1 saturated heterocycles. The molecule has 16 heavy (non-hydrogen) atoms. The van der Waals surface area contributed by atoms with Gasteiger partial charge in [-0.05, 0) is 25.9 Å². The molecule has 0 atom stereocenters. The van der Waals surface area contributed by atoms with E-state index in [2.05, 4.69) is 5.32 Å². The Bertz CT molecular complexity index is 192. The maximum absolute atomic E-state index is 11.6. The Morgan fingerprint density at radius 2 is 1.88 bits per heavy atom. The van der Waals surface area contributed by atoms with Crippen molar-refractivity contribution >= 4 is 5.97 Å². The number of hydrogen-bond acceptors (Lipinski definition) is 5. The molecule has 1 aliphatic rings. The van der Waals surface area contributed by atoms with Crippen molar-refractivity contribution in [3.8, 4) is 0 Å². The topological polar surface area (TPSA) is 56.8 Å². The van der Waals surface area contributed by atoms with Crippen molar-refractivity contribution in [1.82, 2.24) is 5.32 Å². The smallest absolute Gasteiger partial charge is 0.309 e. The summed E-state index contributed by atoms with van der Waals surface area (Å²) in [4.78, 5) is 11.6. The number of methoxy groups -OCH3 is 1. The van der Waals surface area contributed by atoms with E-state index in [0.29, 0.717) is 26.4 Å². The number of carbonyl (C=O) groups excluding carboxylic acids is 1. The van der Waals surface area contributed by atoms with Crippen molar-refractivity contribution < 1.29 is 19.0 Å². The second-order valence-corrected chi connectivity index (χ2v) is 3.80. The van der Waals surface area contributed by atoms with Crippen LogP contribution in [0.25, 0.3) is 0 Å². The maximum Gasteiger partial charge on any atom is 0.309 e. The van der Waals surface area contributed by atoms with Crippen LogP contribution in [-0.2, 0) is 19.0 Å². The number of carbonyl (C=O) groups is 1. The molecule has 1 fully saturated rings. The van der Waals surface area contributed by atoms with Crippen LogP contribution in [0.2, 0.25) is 0 Å². The van der Waals surface area contributed by atoms with Gasteiger partial charge in [0.05, 0.1) is 25.7 Å². The third-order valence-corrected chi connectivity index (χ3v) is 2.58. The van der Waals surface area contributed by atoms with Gasteiger partial charge in [-0.25, -0.2) is 0 Å². The van der Waals surface area contributed by atoms with Crippen molar-refractivity contribution in [2.45, 2.75) is 12.8 Å². The highest BCUT2D eigenvalue weighted by atomic mass is 16.6. The molecule has 94 valence electrons. The largest absolute Gasteiger partial charge is 0.463 e. The Labute approximate surface area is 96.4 Å². The zero-order chi connectivity index (χ0) is 11.6. The van der Waals surface area contributed by atoms with Gasteiger partial charge in [0.2, 0.25) is 0 Å². The number of nitrogens with one attached hydrogen (secondary N) is 1. The Balaban J connectivity index is 1.97. The van der Waals surface area contributed by atoms with E-state index >= 15 is 0 Å². The number of esters is 1. The van der Waals surface area contributed by atoms with E-state index in [1.165, 1.54) is 0 Å². The molecule has 1 N–H and O–H groups in total. The Kier molecular flexibility index (Phi) is 7.12. The highest BCUT2D eigenvalue weighted by Gasteiger charge is 2.21. The Morgan fingerprint density at radius 3 is 2.56 bits per heavy atom. The van der Waals surface area contributed by atoms with Crippen LogP contribution < -0.4 is 5.32 Å². The third kappa shape index (κ3) is 5.44. The molecule has 5 nitrogen and oxygen atoms in total. The molecular formula is C11H21NO4. The molecule has 0 unspecified atom stereocenters. The summed E-state index contributed by atoms with van der Waals surface area (Å²) in [7, 11) is 1.63. The molecule has 0 aromatic rings. The second kappa shape index (κ2) is 8.50. The molecule has 0 amide bonds. The first-order valence-corrected chi connectivity index (χ1v) is 5.78. The lowest BCUT2D eigenvalue weighted by Gasteiger charge is -2.20. The molecule has 5 heteroatoms. The molecule has 0 radical (unpaired) electrons. The lowest BCUT2D eigenvalue weighted by Crippen LogP contribution is -2.33. The van der Waals surface area contributed by atoms with E-state index in [1.807, 2.05) is 0 Å². The van der Waals surface area contributed by atoms with E-state index in [1.54, 1.807) is 7.11 Å².